The largest absolute Gasteiger partial charge is 0.481 e. The van der Waals surface area contributed by atoms with E-state index in [1.807, 2.05) is 0 Å². The van der Waals surface area contributed by atoms with Gasteiger partial charge in [-0.2, -0.15) is 0 Å². The van der Waals surface area contributed by atoms with E-state index in [1.54, 1.807) is 0 Å². The number of aliphatic hydroxyl groups excluding tert-OH is 1. The minimum absolute atomic E-state index is 0.0353. The van der Waals surface area contributed by atoms with Gasteiger partial charge in [-0.3, -0.25) is 9.59 Å². The van der Waals surface area contributed by atoms with Crippen LogP contribution in [0, 0.1) is 0 Å². The average Bonchev–Trinajstić information content (AvgIpc) is 2.53. The fourth-order valence-corrected chi connectivity index (χ4v) is 2.80. The molecule has 0 aliphatic rings. The Hall–Kier alpha value is -0.900. The first kappa shape index (κ1) is 22.1. The summed E-state index contributed by atoms with van der Waals surface area (Å²) in [6.45, 7) is -0.303. The van der Waals surface area contributed by atoms with Gasteiger partial charge in [-0.1, -0.05) is 77.0 Å². The van der Waals surface area contributed by atoms with Crippen LogP contribution >= 0.6 is 0 Å². The first-order valence-corrected chi connectivity index (χ1v) is 9.51. The highest BCUT2D eigenvalue weighted by molar-refractivity contribution is 5.79. The van der Waals surface area contributed by atoms with Crippen LogP contribution in [0.5, 0.6) is 0 Å². The van der Waals surface area contributed by atoms with Crippen molar-refractivity contribution in [2.45, 2.75) is 103 Å². The highest BCUT2D eigenvalue weighted by Crippen LogP contribution is 2.13. The molecule has 4 heteroatoms. The standard InChI is InChI=1S/C19H36O4/c20-17-18(21)15-13-11-9-7-5-3-1-2-4-6-8-10-12-14-16-19(22)23/h20H,1-17H2,(H,22,23). The predicted octanol–water partition coefficient (Wildman–Crippen LogP) is 4.87. The summed E-state index contributed by atoms with van der Waals surface area (Å²) in [6, 6.07) is 0. The van der Waals surface area contributed by atoms with Crippen LogP contribution in [-0.2, 0) is 9.59 Å². The number of ketones is 1. The minimum atomic E-state index is -0.677. The second-order valence-electron chi connectivity index (χ2n) is 6.54. The molecule has 0 aliphatic heterocycles. The molecule has 0 amide bonds. The molecule has 0 heterocycles. The van der Waals surface area contributed by atoms with Gasteiger partial charge in [-0.15, -0.1) is 0 Å². The van der Waals surface area contributed by atoms with Crippen molar-refractivity contribution in [2.75, 3.05) is 6.61 Å². The Morgan fingerprint density at radius 3 is 1.13 bits per heavy atom. The van der Waals surface area contributed by atoms with Crippen LogP contribution in [0.1, 0.15) is 103 Å². The molecule has 0 radical (unpaired) electrons. The third-order valence-electron chi connectivity index (χ3n) is 4.27. The monoisotopic (exact) mass is 328 g/mol. The van der Waals surface area contributed by atoms with Gasteiger partial charge < -0.3 is 10.2 Å². The molecule has 4 nitrogen and oxygen atoms in total. The van der Waals surface area contributed by atoms with Gasteiger partial charge >= 0.3 is 5.97 Å². The topological polar surface area (TPSA) is 74.6 Å². The molecule has 0 fully saturated rings. The van der Waals surface area contributed by atoms with Gasteiger partial charge in [0.25, 0.3) is 0 Å². The molecular formula is C19H36O4. The number of rotatable bonds is 18. The zero-order chi connectivity index (χ0) is 17.2. The quantitative estimate of drug-likeness (QED) is 0.352. The summed E-state index contributed by atoms with van der Waals surface area (Å²) in [4.78, 5) is 21.2. The highest BCUT2D eigenvalue weighted by atomic mass is 16.4. The van der Waals surface area contributed by atoms with E-state index >= 15 is 0 Å². The van der Waals surface area contributed by atoms with E-state index in [9.17, 15) is 9.59 Å². The van der Waals surface area contributed by atoms with Crippen LogP contribution in [0.2, 0.25) is 0 Å². The number of carboxylic acids is 1. The number of hydrogen-bond acceptors (Lipinski definition) is 3. The van der Waals surface area contributed by atoms with Crippen molar-refractivity contribution in [1.29, 1.82) is 0 Å². The van der Waals surface area contributed by atoms with Gasteiger partial charge in [-0.05, 0) is 12.8 Å². The lowest BCUT2D eigenvalue weighted by atomic mass is 10.0. The van der Waals surface area contributed by atoms with Gasteiger partial charge in [0.1, 0.15) is 6.61 Å². The average molecular weight is 328 g/mol. The lowest BCUT2D eigenvalue weighted by Gasteiger charge is -2.03. The van der Waals surface area contributed by atoms with Crippen molar-refractivity contribution in [1.82, 2.24) is 0 Å². The Morgan fingerprint density at radius 1 is 0.522 bits per heavy atom. The van der Waals surface area contributed by atoms with Gasteiger partial charge in [-0.25, -0.2) is 0 Å². The van der Waals surface area contributed by atoms with Crippen LogP contribution in [-0.4, -0.2) is 28.6 Å². The molecule has 0 aromatic rings. The van der Waals surface area contributed by atoms with E-state index in [4.69, 9.17) is 10.2 Å². The number of carbonyl (C=O) groups excluding carboxylic acids is 1. The molecule has 0 saturated heterocycles. The highest BCUT2D eigenvalue weighted by Gasteiger charge is 1.99. The third-order valence-corrected chi connectivity index (χ3v) is 4.27. The first-order valence-electron chi connectivity index (χ1n) is 9.51. The lowest BCUT2D eigenvalue weighted by molar-refractivity contribution is -0.137. The second-order valence-corrected chi connectivity index (χ2v) is 6.54. The zero-order valence-corrected chi connectivity index (χ0v) is 14.7. The Kier molecular flexibility index (Phi) is 16.8. The van der Waals surface area contributed by atoms with Gasteiger partial charge in [0.05, 0.1) is 0 Å². The van der Waals surface area contributed by atoms with Gasteiger partial charge in [0.15, 0.2) is 5.78 Å². The number of aliphatic hydroxyl groups is 1. The molecule has 0 aromatic heterocycles. The van der Waals surface area contributed by atoms with Crippen molar-refractivity contribution < 1.29 is 19.8 Å². The fraction of sp³-hybridized carbons (Fsp3) is 0.895. The molecule has 2 N–H and O–H groups in total. The maximum Gasteiger partial charge on any atom is 0.303 e. The normalized spacial score (nSPS) is 10.8. The van der Waals surface area contributed by atoms with E-state index in [0.29, 0.717) is 12.8 Å². The molecule has 136 valence electrons. The third kappa shape index (κ3) is 19.1. The Balaban J connectivity index is 3.02. The van der Waals surface area contributed by atoms with E-state index in [0.717, 1.165) is 25.7 Å². The smallest absolute Gasteiger partial charge is 0.303 e. The zero-order valence-electron chi connectivity index (χ0n) is 14.7. The number of carboxylic acid groups (broad SMARTS) is 1. The maximum absolute atomic E-state index is 10.9. The van der Waals surface area contributed by atoms with Gasteiger partial charge in [0.2, 0.25) is 0 Å². The number of Topliss-reactive ketones (excluding diaryl/α,β-unsaturated/α-hetero) is 1. The Bertz CT molecular complexity index is 289. The van der Waals surface area contributed by atoms with Crippen LogP contribution in [0.25, 0.3) is 0 Å². The summed E-state index contributed by atoms with van der Waals surface area (Å²) in [5.41, 5.74) is 0. The molecule has 0 bridgehead atoms. The SMILES string of the molecule is O=C(O)CCCCCCCCCCCCCCCCC(=O)CO. The molecule has 0 rings (SSSR count). The number of hydrogen-bond donors (Lipinski definition) is 2. The fourth-order valence-electron chi connectivity index (χ4n) is 2.80. The predicted molar refractivity (Wildman–Crippen MR) is 93.6 cm³/mol. The summed E-state index contributed by atoms with van der Waals surface area (Å²) in [5, 5.41) is 17.1. The lowest BCUT2D eigenvalue weighted by Crippen LogP contribution is -2.02. The van der Waals surface area contributed by atoms with Crippen molar-refractivity contribution in [3.05, 3.63) is 0 Å². The summed E-state index contributed by atoms with van der Waals surface area (Å²) in [6.07, 6.45) is 17.5. The van der Waals surface area contributed by atoms with E-state index in [-0.39, 0.29) is 12.4 Å². The van der Waals surface area contributed by atoms with E-state index < -0.39 is 5.97 Å². The summed E-state index contributed by atoms with van der Waals surface area (Å²) >= 11 is 0. The number of aliphatic carboxylic acids is 1. The van der Waals surface area contributed by atoms with Crippen molar-refractivity contribution in [2.24, 2.45) is 0 Å². The molecule has 0 unspecified atom stereocenters. The summed E-state index contributed by atoms with van der Waals surface area (Å²) in [5.74, 6) is -0.712. The first-order chi connectivity index (χ1) is 11.2. The van der Waals surface area contributed by atoms with Crippen molar-refractivity contribution in [3.8, 4) is 0 Å². The Morgan fingerprint density at radius 2 is 0.826 bits per heavy atom. The second kappa shape index (κ2) is 17.5. The van der Waals surface area contributed by atoms with Crippen LogP contribution in [0.3, 0.4) is 0 Å². The number of unbranched alkanes of at least 4 members (excludes halogenated alkanes) is 13. The van der Waals surface area contributed by atoms with E-state index in [2.05, 4.69) is 0 Å². The molecular weight excluding hydrogens is 292 g/mol. The van der Waals surface area contributed by atoms with Crippen molar-refractivity contribution in [3.63, 3.8) is 0 Å². The molecule has 0 aromatic carbocycles. The summed E-state index contributed by atoms with van der Waals surface area (Å²) in [7, 11) is 0. The van der Waals surface area contributed by atoms with E-state index in [1.165, 1.54) is 64.2 Å². The minimum Gasteiger partial charge on any atom is -0.481 e. The number of carbonyl (C=O) groups is 2. The summed E-state index contributed by atoms with van der Waals surface area (Å²) < 4.78 is 0. The van der Waals surface area contributed by atoms with Crippen LogP contribution < -0.4 is 0 Å². The van der Waals surface area contributed by atoms with Crippen LogP contribution in [0.4, 0.5) is 0 Å². The maximum atomic E-state index is 10.9. The molecule has 0 atom stereocenters. The van der Waals surface area contributed by atoms with Crippen LogP contribution in [0.15, 0.2) is 0 Å². The molecule has 0 saturated carbocycles. The van der Waals surface area contributed by atoms with Gasteiger partial charge in [0, 0.05) is 12.8 Å². The molecule has 0 spiro atoms. The van der Waals surface area contributed by atoms with Crippen molar-refractivity contribution >= 4 is 11.8 Å². The molecule has 23 heavy (non-hydrogen) atoms. The molecule has 0 aliphatic carbocycles. The Labute approximate surface area is 141 Å².